The molecule has 1 fully saturated rings. The van der Waals surface area contributed by atoms with Crippen molar-refractivity contribution in [1.82, 2.24) is 4.90 Å². The second kappa shape index (κ2) is 6.61. The van der Waals surface area contributed by atoms with E-state index in [2.05, 4.69) is 19.2 Å². The first-order valence-electron chi connectivity index (χ1n) is 7.33. The van der Waals surface area contributed by atoms with Crippen molar-refractivity contribution in [2.24, 2.45) is 5.92 Å². The summed E-state index contributed by atoms with van der Waals surface area (Å²) in [6.07, 6.45) is 0.888. The largest absolute Gasteiger partial charge is 0.481 e. The van der Waals surface area contributed by atoms with Crippen LogP contribution in [0.5, 0.6) is 0 Å². The Morgan fingerprint density at radius 2 is 2.00 bits per heavy atom. The number of benzene rings is 1. The summed E-state index contributed by atoms with van der Waals surface area (Å²) < 4.78 is 0. The highest BCUT2D eigenvalue weighted by Gasteiger charge is 2.27. The van der Waals surface area contributed by atoms with Gasteiger partial charge in [0.1, 0.15) is 0 Å². The van der Waals surface area contributed by atoms with Crippen molar-refractivity contribution in [2.75, 3.05) is 18.4 Å². The molecule has 1 unspecified atom stereocenters. The maximum Gasteiger partial charge on any atom is 0.321 e. The molecule has 0 saturated carbocycles. The highest BCUT2D eigenvalue weighted by molar-refractivity contribution is 5.89. The molecule has 1 aliphatic heterocycles. The molecule has 1 aliphatic rings. The molecule has 1 atom stereocenters. The fourth-order valence-electron chi connectivity index (χ4n) is 2.58. The lowest BCUT2D eigenvalue weighted by atomic mass is 10.0. The first-order chi connectivity index (χ1) is 9.95. The highest BCUT2D eigenvalue weighted by atomic mass is 16.4. The van der Waals surface area contributed by atoms with Crippen molar-refractivity contribution in [3.05, 3.63) is 29.8 Å². The van der Waals surface area contributed by atoms with Crippen LogP contribution in [0.1, 0.15) is 38.2 Å². The Bertz CT molecular complexity index is 511. The number of carboxylic acids is 1. The van der Waals surface area contributed by atoms with Crippen LogP contribution in [0.25, 0.3) is 0 Å². The lowest BCUT2D eigenvalue weighted by Crippen LogP contribution is -2.33. The summed E-state index contributed by atoms with van der Waals surface area (Å²) in [5.74, 6) is -0.270. The minimum Gasteiger partial charge on any atom is -0.481 e. The number of carboxylic acid groups (broad SMARTS) is 1. The fourth-order valence-corrected chi connectivity index (χ4v) is 2.58. The third-order valence-electron chi connectivity index (χ3n) is 3.86. The molecule has 0 aliphatic carbocycles. The molecule has 1 aromatic carbocycles. The SMILES string of the molecule is CC(C)c1ccc(NC(=O)N2CCC(CC(=O)O)C2)cc1. The van der Waals surface area contributed by atoms with E-state index < -0.39 is 5.97 Å². The monoisotopic (exact) mass is 290 g/mol. The van der Waals surface area contributed by atoms with E-state index >= 15 is 0 Å². The molecule has 21 heavy (non-hydrogen) atoms. The lowest BCUT2D eigenvalue weighted by molar-refractivity contribution is -0.138. The van der Waals surface area contributed by atoms with Gasteiger partial charge in [-0.2, -0.15) is 0 Å². The molecule has 0 bridgehead atoms. The van der Waals surface area contributed by atoms with Gasteiger partial charge >= 0.3 is 12.0 Å². The van der Waals surface area contributed by atoms with Crippen molar-refractivity contribution in [1.29, 1.82) is 0 Å². The van der Waals surface area contributed by atoms with Crippen LogP contribution >= 0.6 is 0 Å². The zero-order valence-corrected chi connectivity index (χ0v) is 12.5. The molecular weight excluding hydrogens is 268 g/mol. The number of urea groups is 1. The van der Waals surface area contributed by atoms with Gasteiger partial charge in [-0.1, -0.05) is 26.0 Å². The van der Waals surface area contributed by atoms with E-state index in [1.807, 2.05) is 24.3 Å². The van der Waals surface area contributed by atoms with E-state index in [-0.39, 0.29) is 18.4 Å². The Hall–Kier alpha value is -2.04. The molecule has 0 aromatic heterocycles. The summed E-state index contributed by atoms with van der Waals surface area (Å²) in [6.45, 7) is 5.39. The molecule has 114 valence electrons. The molecule has 0 spiro atoms. The Kier molecular flexibility index (Phi) is 4.83. The van der Waals surface area contributed by atoms with Gasteiger partial charge in [-0.05, 0) is 36.0 Å². The third-order valence-corrected chi connectivity index (χ3v) is 3.86. The minimum atomic E-state index is -0.800. The average Bonchev–Trinajstić information content (AvgIpc) is 2.87. The van der Waals surface area contributed by atoms with Crippen LogP contribution in [-0.4, -0.2) is 35.1 Å². The first-order valence-corrected chi connectivity index (χ1v) is 7.33. The number of carbonyl (C=O) groups is 2. The first kappa shape index (κ1) is 15.4. The highest BCUT2D eigenvalue weighted by Crippen LogP contribution is 2.21. The molecule has 1 heterocycles. The Balaban J connectivity index is 1.88. The van der Waals surface area contributed by atoms with Gasteiger partial charge < -0.3 is 15.3 Å². The number of hydrogen-bond acceptors (Lipinski definition) is 2. The van der Waals surface area contributed by atoms with E-state index in [1.165, 1.54) is 5.56 Å². The zero-order chi connectivity index (χ0) is 15.4. The third kappa shape index (κ3) is 4.21. The van der Waals surface area contributed by atoms with Crippen LogP contribution < -0.4 is 5.32 Å². The number of hydrogen-bond donors (Lipinski definition) is 2. The molecule has 0 radical (unpaired) electrons. The predicted octanol–water partition coefficient (Wildman–Crippen LogP) is 3.14. The number of anilines is 1. The van der Waals surface area contributed by atoms with Gasteiger partial charge in [0.15, 0.2) is 0 Å². The van der Waals surface area contributed by atoms with E-state index in [9.17, 15) is 9.59 Å². The predicted molar refractivity (Wildman–Crippen MR) is 81.5 cm³/mol. The number of carbonyl (C=O) groups excluding carboxylic acids is 1. The second-order valence-corrected chi connectivity index (χ2v) is 5.91. The van der Waals surface area contributed by atoms with Gasteiger partial charge in [0, 0.05) is 25.2 Å². The van der Waals surface area contributed by atoms with E-state index in [4.69, 9.17) is 5.11 Å². The Morgan fingerprint density at radius 1 is 1.33 bits per heavy atom. The van der Waals surface area contributed by atoms with Gasteiger partial charge in [-0.3, -0.25) is 4.79 Å². The fraction of sp³-hybridized carbons (Fsp3) is 0.500. The number of nitrogens with zero attached hydrogens (tertiary/aromatic N) is 1. The van der Waals surface area contributed by atoms with Gasteiger partial charge in [0.2, 0.25) is 0 Å². The summed E-state index contributed by atoms with van der Waals surface area (Å²) >= 11 is 0. The van der Waals surface area contributed by atoms with Crippen LogP contribution in [0.2, 0.25) is 0 Å². The van der Waals surface area contributed by atoms with Crippen molar-refractivity contribution in [3.8, 4) is 0 Å². The topological polar surface area (TPSA) is 69.6 Å². The molecular formula is C16H22N2O3. The summed E-state index contributed by atoms with van der Waals surface area (Å²) in [6, 6.07) is 7.67. The summed E-state index contributed by atoms with van der Waals surface area (Å²) in [5.41, 5.74) is 2.00. The van der Waals surface area contributed by atoms with Crippen molar-refractivity contribution in [3.63, 3.8) is 0 Å². The van der Waals surface area contributed by atoms with Gasteiger partial charge in [-0.25, -0.2) is 4.79 Å². The van der Waals surface area contributed by atoms with Crippen LogP contribution in [0.3, 0.4) is 0 Å². The van der Waals surface area contributed by atoms with Gasteiger partial charge in [0.05, 0.1) is 0 Å². The zero-order valence-electron chi connectivity index (χ0n) is 12.5. The Morgan fingerprint density at radius 3 is 2.57 bits per heavy atom. The molecule has 2 N–H and O–H groups in total. The Labute approximate surface area is 125 Å². The number of likely N-dealkylation sites (tertiary alicyclic amines) is 1. The molecule has 5 heteroatoms. The molecule has 1 saturated heterocycles. The number of amides is 2. The number of rotatable bonds is 4. The average molecular weight is 290 g/mol. The minimum absolute atomic E-state index is 0.0663. The summed E-state index contributed by atoms with van der Waals surface area (Å²) in [5, 5.41) is 11.6. The number of aliphatic carboxylic acids is 1. The summed E-state index contributed by atoms with van der Waals surface area (Å²) in [7, 11) is 0. The van der Waals surface area contributed by atoms with E-state index in [0.717, 1.165) is 12.1 Å². The van der Waals surface area contributed by atoms with Crippen molar-refractivity contribution < 1.29 is 14.7 Å². The van der Waals surface area contributed by atoms with Crippen LogP contribution in [0.4, 0.5) is 10.5 Å². The maximum atomic E-state index is 12.1. The van der Waals surface area contributed by atoms with Crippen molar-refractivity contribution in [2.45, 2.75) is 32.6 Å². The smallest absolute Gasteiger partial charge is 0.321 e. The summed E-state index contributed by atoms with van der Waals surface area (Å²) in [4.78, 5) is 24.5. The molecule has 2 amide bonds. The van der Waals surface area contributed by atoms with E-state index in [1.54, 1.807) is 4.90 Å². The molecule has 2 rings (SSSR count). The maximum absolute atomic E-state index is 12.1. The van der Waals surface area contributed by atoms with Gasteiger partial charge in [-0.15, -0.1) is 0 Å². The lowest BCUT2D eigenvalue weighted by Gasteiger charge is -2.17. The van der Waals surface area contributed by atoms with Crippen LogP contribution in [0, 0.1) is 5.92 Å². The molecule has 5 nitrogen and oxygen atoms in total. The van der Waals surface area contributed by atoms with E-state index in [0.29, 0.717) is 19.0 Å². The quantitative estimate of drug-likeness (QED) is 0.895. The second-order valence-electron chi connectivity index (χ2n) is 5.91. The standard InChI is InChI=1S/C16H22N2O3/c1-11(2)13-3-5-14(6-4-13)17-16(21)18-8-7-12(10-18)9-15(19)20/h3-6,11-12H,7-10H2,1-2H3,(H,17,21)(H,19,20). The number of nitrogens with one attached hydrogen (secondary N) is 1. The van der Waals surface area contributed by atoms with Crippen LogP contribution in [-0.2, 0) is 4.79 Å². The molecule has 1 aromatic rings. The van der Waals surface area contributed by atoms with Gasteiger partial charge in [0.25, 0.3) is 0 Å². The normalized spacial score (nSPS) is 18.0. The van der Waals surface area contributed by atoms with Crippen LogP contribution in [0.15, 0.2) is 24.3 Å². The van der Waals surface area contributed by atoms with Crippen molar-refractivity contribution >= 4 is 17.7 Å².